The van der Waals surface area contributed by atoms with Crippen LogP contribution in [0.15, 0.2) is 12.3 Å². The van der Waals surface area contributed by atoms with Gasteiger partial charge in [0.15, 0.2) is 0 Å². The fraction of sp³-hybridized carbons (Fsp3) is 0.286. The van der Waals surface area contributed by atoms with Crippen molar-refractivity contribution in [2.75, 3.05) is 4.72 Å². The van der Waals surface area contributed by atoms with E-state index in [9.17, 15) is 8.42 Å². The van der Waals surface area contributed by atoms with E-state index in [2.05, 4.69) is 9.71 Å². The van der Waals surface area contributed by atoms with Crippen molar-refractivity contribution in [2.24, 2.45) is 5.14 Å². The first-order valence-electron chi connectivity index (χ1n) is 3.63. The lowest BCUT2D eigenvalue weighted by molar-refractivity contribution is 0.602. The van der Waals surface area contributed by atoms with Gasteiger partial charge in [-0.1, -0.05) is 0 Å². The molecule has 1 aromatic rings. The molecule has 0 aliphatic rings. The molecule has 1 aromatic heterocycles. The van der Waals surface area contributed by atoms with Crippen molar-refractivity contribution in [2.45, 2.75) is 13.8 Å². The number of nitrogens with zero attached hydrogens (tertiary/aromatic N) is 1. The second kappa shape index (κ2) is 3.31. The molecule has 0 bridgehead atoms. The second-order valence-electron chi connectivity index (χ2n) is 2.74. The van der Waals surface area contributed by atoms with Gasteiger partial charge in [0.05, 0.1) is 11.4 Å². The highest BCUT2D eigenvalue weighted by Gasteiger charge is 2.07. The van der Waals surface area contributed by atoms with Gasteiger partial charge < -0.3 is 0 Å². The first kappa shape index (κ1) is 9.94. The van der Waals surface area contributed by atoms with Crippen LogP contribution in [0.5, 0.6) is 0 Å². The molecule has 0 saturated heterocycles. The number of aromatic nitrogens is 1. The van der Waals surface area contributed by atoms with E-state index >= 15 is 0 Å². The predicted molar refractivity (Wildman–Crippen MR) is 50.4 cm³/mol. The molecule has 0 aliphatic heterocycles. The number of aryl methyl sites for hydroxylation is 2. The number of rotatable bonds is 2. The van der Waals surface area contributed by atoms with Crippen molar-refractivity contribution >= 4 is 15.9 Å². The lowest BCUT2D eigenvalue weighted by atomic mass is 10.2. The summed E-state index contributed by atoms with van der Waals surface area (Å²) < 4.78 is 23.7. The zero-order valence-electron chi connectivity index (χ0n) is 7.40. The smallest absolute Gasteiger partial charge is 0.269 e. The Hall–Kier alpha value is -1.14. The van der Waals surface area contributed by atoms with Crippen molar-refractivity contribution in [3.63, 3.8) is 0 Å². The molecule has 0 saturated carbocycles. The lowest BCUT2D eigenvalue weighted by Gasteiger charge is -2.08. The average Bonchev–Trinajstić information content (AvgIpc) is 1.95. The average molecular weight is 201 g/mol. The Morgan fingerprint density at radius 3 is 2.54 bits per heavy atom. The van der Waals surface area contributed by atoms with Crippen LogP contribution in [0.1, 0.15) is 11.3 Å². The van der Waals surface area contributed by atoms with E-state index in [0.717, 1.165) is 5.56 Å². The van der Waals surface area contributed by atoms with Crippen LogP contribution >= 0.6 is 0 Å². The third-order valence-corrected chi connectivity index (χ3v) is 2.08. The Morgan fingerprint density at radius 1 is 1.46 bits per heavy atom. The standard InChI is InChI=1S/C7H11N3O2S/c1-5-3-4-9-6(2)7(5)10-13(8,11)12/h3-4,10H,1-2H3,(H2,8,11,12). The second-order valence-corrected chi connectivity index (χ2v) is 4.03. The molecule has 0 unspecified atom stereocenters. The molecule has 1 heterocycles. The number of hydrogen-bond donors (Lipinski definition) is 2. The number of anilines is 1. The largest absolute Gasteiger partial charge is 0.296 e. The normalized spacial score (nSPS) is 11.3. The van der Waals surface area contributed by atoms with Crippen LogP contribution in [-0.2, 0) is 10.2 Å². The molecule has 0 amide bonds. The summed E-state index contributed by atoms with van der Waals surface area (Å²) >= 11 is 0. The Labute approximate surface area is 77.2 Å². The molecule has 0 aromatic carbocycles. The maximum absolute atomic E-state index is 10.7. The van der Waals surface area contributed by atoms with Crippen LogP contribution < -0.4 is 9.86 Å². The highest BCUT2D eigenvalue weighted by atomic mass is 32.2. The van der Waals surface area contributed by atoms with Crippen LogP contribution in [0.25, 0.3) is 0 Å². The lowest BCUT2D eigenvalue weighted by Crippen LogP contribution is -2.23. The van der Waals surface area contributed by atoms with E-state index in [0.29, 0.717) is 11.4 Å². The minimum atomic E-state index is -3.71. The zero-order chi connectivity index (χ0) is 10.1. The van der Waals surface area contributed by atoms with E-state index < -0.39 is 10.2 Å². The van der Waals surface area contributed by atoms with Gasteiger partial charge in [-0.15, -0.1) is 0 Å². The number of nitrogens with one attached hydrogen (secondary N) is 1. The maximum Gasteiger partial charge on any atom is 0.296 e. The van der Waals surface area contributed by atoms with Crippen molar-refractivity contribution in [3.05, 3.63) is 23.5 Å². The van der Waals surface area contributed by atoms with Gasteiger partial charge in [0.1, 0.15) is 0 Å². The molecule has 6 heteroatoms. The SMILES string of the molecule is Cc1ccnc(C)c1NS(N)(=O)=O. The summed E-state index contributed by atoms with van der Waals surface area (Å²) in [6.45, 7) is 3.49. The number of nitrogens with two attached hydrogens (primary N) is 1. The summed E-state index contributed by atoms with van der Waals surface area (Å²) in [5, 5.41) is 4.84. The Bertz CT molecular complexity index is 393. The Balaban J connectivity index is 3.15. The molecule has 5 nitrogen and oxygen atoms in total. The maximum atomic E-state index is 10.7. The molecular weight excluding hydrogens is 190 g/mol. The molecule has 1 rings (SSSR count). The van der Waals surface area contributed by atoms with Crippen molar-refractivity contribution in [1.29, 1.82) is 0 Å². The van der Waals surface area contributed by atoms with Crippen molar-refractivity contribution in [3.8, 4) is 0 Å². The van der Waals surface area contributed by atoms with Crippen molar-refractivity contribution < 1.29 is 8.42 Å². The van der Waals surface area contributed by atoms with Gasteiger partial charge in [0.25, 0.3) is 10.2 Å². The molecule has 72 valence electrons. The van der Waals surface area contributed by atoms with E-state index in [1.807, 2.05) is 0 Å². The van der Waals surface area contributed by atoms with Gasteiger partial charge in [0.2, 0.25) is 0 Å². The first-order chi connectivity index (χ1) is 5.90. The summed E-state index contributed by atoms with van der Waals surface area (Å²) in [4.78, 5) is 3.94. The third-order valence-electron chi connectivity index (χ3n) is 1.59. The van der Waals surface area contributed by atoms with E-state index in [4.69, 9.17) is 5.14 Å². The molecular formula is C7H11N3O2S. The molecule has 0 fully saturated rings. The van der Waals surface area contributed by atoms with Gasteiger partial charge in [-0.2, -0.15) is 8.42 Å². The summed E-state index contributed by atoms with van der Waals surface area (Å²) in [5.41, 5.74) is 1.85. The molecule has 0 atom stereocenters. The van der Waals surface area contributed by atoms with Gasteiger partial charge in [-0.25, -0.2) is 5.14 Å². The highest BCUT2D eigenvalue weighted by molar-refractivity contribution is 7.90. The summed E-state index contributed by atoms with van der Waals surface area (Å²) in [6, 6.07) is 1.71. The molecule has 0 radical (unpaired) electrons. The molecule has 0 aliphatic carbocycles. The third kappa shape index (κ3) is 2.67. The van der Waals surface area contributed by atoms with E-state index in [1.165, 1.54) is 0 Å². The summed E-state index contributed by atoms with van der Waals surface area (Å²) in [5.74, 6) is 0. The van der Waals surface area contributed by atoms with Gasteiger partial charge >= 0.3 is 0 Å². The fourth-order valence-electron chi connectivity index (χ4n) is 0.991. The monoisotopic (exact) mass is 201 g/mol. The minimum Gasteiger partial charge on any atom is -0.269 e. The minimum absolute atomic E-state index is 0.449. The van der Waals surface area contributed by atoms with Gasteiger partial charge in [-0.05, 0) is 25.5 Å². The van der Waals surface area contributed by atoms with E-state index in [-0.39, 0.29) is 0 Å². The number of hydrogen-bond acceptors (Lipinski definition) is 3. The first-order valence-corrected chi connectivity index (χ1v) is 5.17. The molecule has 0 spiro atoms. The van der Waals surface area contributed by atoms with Crippen LogP contribution in [0.4, 0.5) is 5.69 Å². The Kier molecular flexibility index (Phi) is 2.53. The summed E-state index contributed by atoms with van der Waals surface area (Å²) in [6.07, 6.45) is 1.61. The topological polar surface area (TPSA) is 85.1 Å². The van der Waals surface area contributed by atoms with Crippen LogP contribution in [0, 0.1) is 13.8 Å². The highest BCUT2D eigenvalue weighted by Crippen LogP contribution is 2.17. The fourth-order valence-corrected chi connectivity index (χ4v) is 1.58. The Morgan fingerprint density at radius 2 is 2.08 bits per heavy atom. The van der Waals surface area contributed by atoms with Crippen LogP contribution in [-0.4, -0.2) is 13.4 Å². The van der Waals surface area contributed by atoms with Crippen molar-refractivity contribution in [1.82, 2.24) is 4.98 Å². The van der Waals surface area contributed by atoms with Gasteiger partial charge in [-0.3, -0.25) is 9.71 Å². The van der Waals surface area contributed by atoms with Crippen LogP contribution in [0.3, 0.4) is 0 Å². The van der Waals surface area contributed by atoms with Crippen LogP contribution in [0.2, 0.25) is 0 Å². The molecule has 3 N–H and O–H groups in total. The van der Waals surface area contributed by atoms with Gasteiger partial charge in [0, 0.05) is 6.20 Å². The predicted octanol–water partition coefficient (Wildman–Crippen LogP) is 0.314. The quantitative estimate of drug-likeness (QED) is 0.722. The zero-order valence-corrected chi connectivity index (χ0v) is 8.22. The van der Waals surface area contributed by atoms with E-state index in [1.54, 1.807) is 26.1 Å². The number of pyridine rings is 1. The summed E-state index contributed by atoms with van der Waals surface area (Å²) in [7, 11) is -3.71. The molecule has 13 heavy (non-hydrogen) atoms.